The predicted molar refractivity (Wildman–Crippen MR) is 83.2 cm³/mol. The van der Waals surface area contributed by atoms with E-state index in [4.69, 9.17) is 14.2 Å². The van der Waals surface area contributed by atoms with E-state index in [2.05, 4.69) is 0 Å². The van der Waals surface area contributed by atoms with Crippen LogP contribution in [0.3, 0.4) is 0 Å². The van der Waals surface area contributed by atoms with Crippen LogP contribution in [0, 0.1) is 6.92 Å². The van der Waals surface area contributed by atoms with Gasteiger partial charge in [-0.15, -0.1) is 0 Å². The van der Waals surface area contributed by atoms with Crippen LogP contribution in [0.4, 0.5) is 0 Å². The van der Waals surface area contributed by atoms with Gasteiger partial charge in [0, 0.05) is 6.61 Å². The Kier molecular flexibility index (Phi) is 4.39. The van der Waals surface area contributed by atoms with Crippen molar-refractivity contribution in [3.05, 3.63) is 29.3 Å². The van der Waals surface area contributed by atoms with Gasteiger partial charge in [-0.3, -0.25) is 4.79 Å². The van der Waals surface area contributed by atoms with Crippen LogP contribution in [-0.4, -0.2) is 32.4 Å². The maximum atomic E-state index is 12.5. The molecule has 1 aromatic rings. The number of benzene rings is 1. The van der Waals surface area contributed by atoms with Crippen LogP contribution in [0.1, 0.15) is 43.2 Å². The first-order chi connectivity index (χ1) is 10.7. The summed E-state index contributed by atoms with van der Waals surface area (Å²) in [5, 5.41) is 0. The molecular weight excluding hydrogens is 280 g/mol. The largest absolute Gasteiger partial charge is 0.496 e. The Morgan fingerprint density at radius 2 is 2.18 bits per heavy atom. The van der Waals surface area contributed by atoms with Crippen LogP contribution in [0.25, 0.3) is 0 Å². The lowest BCUT2D eigenvalue weighted by Gasteiger charge is -2.23. The van der Waals surface area contributed by atoms with Crippen molar-refractivity contribution in [1.82, 2.24) is 0 Å². The smallest absolute Gasteiger partial charge is 0.316 e. The van der Waals surface area contributed by atoms with Crippen molar-refractivity contribution in [2.24, 2.45) is 0 Å². The normalized spacial score (nSPS) is 22.9. The Morgan fingerprint density at radius 3 is 2.82 bits per heavy atom. The fourth-order valence-electron chi connectivity index (χ4n) is 3.10. The summed E-state index contributed by atoms with van der Waals surface area (Å²) < 4.78 is 16.6. The second-order valence-corrected chi connectivity index (χ2v) is 6.35. The summed E-state index contributed by atoms with van der Waals surface area (Å²) in [6, 6.07) is 6.00. The summed E-state index contributed by atoms with van der Waals surface area (Å²) in [6.45, 7) is 3.16. The van der Waals surface area contributed by atoms with Gasteiger partial charge in [0.05, 0.1) is 18.6 Å². The van der Waals surface area contributed by atoms with Gasteiger partial charge >= 0.3 is 5.97 Å². The van der Waals surface area contributed by atoms with Crippen molar-refractivity contribution in [2.75, 3.05) is 20.3 Å². The van der Waals surface area contributed by atoms with Crippen LogP contribution in [-0.2, 0) is 19.7 Å². The van der Waals surface area contributed by atoms with Gasteiger partial charge in [0.15, 0.2) is 0 Å². The van der Waals surface area contributed by atoms with E-state index in [1.165, 1.54) is 0 Å². The molecule has 0 bridgehead atoms. The first kappa shape index (κ1) is 15.3. The van der Waals surface area contributed by atoms with Gasteiger partial charge in [0.1, 0.15) is 12.4 Å². The van der Waals surface area contributed by atoms with Gasteiger partial charge in [0.25, 0.3) is 0 Å². The molecule has 22 heavy (non-hydrogen) atoms. The maximum absolute atomic E-state index is 12.5. The monoisotopic (exact) mass is 304 g/mol. The molecule has 1 atom stereocenters. The number of hydrogen-bond acceptors (Lipinski definition) is 4. The standard InChI is InChI=1S/C18H24O4/c1-13-6-7-14(11-16(13)20-2)18(8-9-18)17(19)22-12-15-5-3-4-10-21-15/h6-7,11,15H,3-5,8-10,12H2,1-2H3. The number of esters is 1. The highest BCUT2D eigenvalue weighted by molar-refractivity contribution is 5.86. The molecule has 1 aliphatic heterocycles. The van der Waals surface area contributed by atoms with Crippen molar-refractivity contribution in [1.29, 1.82) is 0 Å². The second kappa shape index (κ2) is 6.29. The van der Waals surface area contributed by atoms with E-state index < -0.39 is 5.41 Å². The maximum Gasteiger partial charge on any atom is 0.316 e. The molecule has 1 heterocycles. The lowest BCUT2D eigenvalue weighted by atomic mass is 9.94. The molecule has 2 fully saturated rings. The van der Waals surface area contributed by atoms with Crippen LogP contribution in [0.15, 0.2) is 18.2 Å². The Morgan fingerprint density at radius 1 is 1.36 bits per heavy atom. The summed E-state index contributed by atoms with van der Waals surface area (Å²) in [6.07, 6.45) is 5.02. The average molecular weight is 304 g/mol. The van der Waals surface area contributed by atoms with E-state index in [1.54, 1.807) is 7.11 Å². The molecular formula is C18H24O4. The SMILES string of the molecule is COc1cc(C2(C(=O)OCC3CCCCO3)CC2)ccc1C. The zero-order valence-corrected chi connectivity index (χ0v) is 13.4. The highest BCUT2D eigenvalue weighted by Crippen LogP contribution is 2.50. The summed E-state index contributed by atoms with van der Waals surface area (Å²) >= 11 is 0. The number of rotatable bonds is 5. The zero-order valence-electron chi connectivity index (χ0n) is 13.4. The Hall–Kier alpha value is -1.55. The van der Waals surface area contributed by atoms with Crippen molar-refractivity contribution >= 4 is 5.97 Å². The molecule has 0 spiro atoms. The molecule has 120 valence electrons. The molecule has 0 N–H and O–H groups in total. The van der Waals surface area contributed by atoms with Gasteiger partial charge in [-0.1, -0.05) is 12.1 Å². The van der Waals surface area contributed by atoms with E-state index >= 15 is 0 Å². The molecule has 0 radical (unpaired) electrons. The number of carbonyl (C=O) groups excluding carboxylic acids is 1. The van der Waals surface area contributed by atoms with E-state index in [-0.39, 0.29) is 12.1 Å². The summed E-state index contributed by atoms with van der Waals surface area (Å²) in [7, 11) is 1.66. The van der Waals surface area contributed by atoms with E-state index in [0.717, 1.165) is 55.6 Å². The minimum absolute atomic E-state index is 0.0704. The molecule has 2 aliphatic rings. The van der Waals surface area contributed by atoms with Crippen molar-refractivity contribution in [2.45, 2.75) is 50.5 Å². The molecule has 0 amide bonds. The number of hydrogen-bond donors (Lipinski definition) is 0. The van der Waals surface area contributed by atoms with E-state index in [0.29, 0.717) is 6.61 Å². The van der Waals surface area contributed by atoms with Gasteiger partial charge in [-0.2, -0.15) is 0 Å². The van der Waals surface area contributed by atoms with Crippen molar-refractivity contribution in [3.8, 4) is 5.75 Å². The lowest BCUT2D eigenvalue weighted by molar-refractivity contribution is -0.152. The van der Waals surface area contributed by atoms with E-state index in [9.17, 15) is 4.79 Å². The number of methoxy groups -OCH3 is 1. The highest BCUT2D eigenvalue weighted by Gasteiger charge is 2.53. The van der Waals surface area contributed by atoms with Crippen molar-refractivity contribution in [3.63, 3.8) is 0 Å². The summed E-state index contributed by atoms with van der Waals surface area (Å²) in [5.41, 5.74) is 1.62. The van der Waals surface area contributed by atoms with Gasteiger partial charge in [0.2, 0.25) is 0 Å². The third-order valence-electron chi connectivity index (χ3n) is 4.78. The third kappa shape index (κ3) is 2.98. The fourth-order valence-corrected chi connectivity index (χ4v) is 3.10. The molecule has 1 aromatic carbocycles. The molecule has 1 saturated heterocycles. The van der Waals surface area contributed by atoms with Gasteiger partial charge < -0.3 is 14.2 Å². The van der Waals surface area contributed by atoms with E-state index in [1.807, 2.05) is 25.1 Å². The lowest BCUT2D eigenvalue weighted by Crippen LogP contribution is -2.30. The summed E-state index contributed by atoms with van der Waals surface area (Å²) in [5.74, 6) is 0.708. The minimum Gasteiger partial charge on any atom is -0.496 e. The fraction of sp³-hybridized carbons (Fsp3) is 0.611. The molecule has 1 saturated carbocycles. The van der Waals surface area contributed by atoms with Crippen molar-refractivity contribution < 1.29 is 19.0 Å². The summed E-state index contributed by atoms with van der Waals surface area (Å²) in [4.78, 5) is 12.5. The average Bonchev–Trinajstić information content (AvgIpc) is 3.36. The predicted octanol–water partition coefficient (Wildman–Crippen LogP) is 3.15. The third-order valence-corrected chi connectivity index (χ3v) is 4.78. The van der Waals surface area contributed by atoms with Crippen LogP contribution >= 0.6 is 0 Å². The first-order valence-corrected chi connectivity index (χ1v) is 8.10. The van der Waals surface area contributed by atoms with Gasteiger partial charge in [-0.25, -0.2) is 0 Å². The second-order valence-electron chi connectivity index (χ2n) is 6.35. The number of carbonyl (C=O) groups is 1. The zero-order chi connectivity index (χ0) is 15.6. The molecule has 4 heteroatoms. The number of ether oxygens (including phenoxy) is 3. The molecule has 1 aliphatic carbocycles. The Balaban J connectivity index is 1.66. The topological polar surface area (TPSA) is 44.8 Å². The Bertz CT molecular complexity index is 542. The molecule has 0 aromatic heterocycles. The highest BCUT2D eigenvalue weighted by atomic mass is 16.6. The first-order valence-electron chi connectivity index (χ1n) is 8.10. The van der Waals surface area contributed by atoms with Crippen LogP contribution < -0.4 is 4.74 Å². The van der Waals surface area contributed by atoms with Crippen LogP contribution in [0.2, 0.25) is 0 Å². The quantitative estimate of drug-likeness (QED) is 0.784. The molecule has 4 nitrogen and oxygen atoms in total. The molecule has 3 rings (SSSR count). The molecule has 1 unspecified atom stereocenters. The Labute approximate surface area is 131 Å². The van der Waals surface area contributed by atoms with Gasteiger partial charge in [-0.05, 0) is 56.2 Å². The van der Waals surface area contributed by atoms with Crippen LogP contribution in [0.5, 0.6) is 5.75 Å². The minimum atomic E-state index is -0.463. The number of aryl methyl sites for hydroxylation is 1.